The van der Waals surface area contributed by atoms with Gasteiger partial charge in [-0.2, -0.15) is 0 Å². The fourth-order valence-electron chi connectivity index (χ4n) is 1.93. The predicted octanol–water partition coefficient (Wildman–Crippen LogP) is 3.18. The molecule has 0 saturated heterocycles. The Bertz CT molecular complexity index is 182. The molecule has 0 aliphatic heterocycles. The van der Waals surface area contributed by atoms with E-state index in [4.69, 9.17) is 0 Å². The highest BCUT2D eigenvalue weighted by Gasteiger charge is 2.36. The van der Waals surface area contributed by atoms with E-state index in [-0.39, 0.29) is 0 Å². The Balaban J connectivity index is 2.15. The molecule has 1 aliphatic carbocycles. The summed E-state index contributed by atoms with van der Waals surface area (Å²) in [6.07, 6.45) is 2.79. The molecule has 0 aromatic heterocycles. The average molecular weight is 181 g/mol. The maximum Gasteiger partial charge on any atom is 0.0172 e. The van der Waals surface area contributed by atoms with Crippen molar-refractivity contribution < 1.29 is 0 Å². The van der Waals surface area contributed by atoms with E-state index in [0.29, 0.717) is 5.41 Å². The van der Waals surface area contributed by atoms with Gasteiger partial charge in [0.2, 0.25) is 0 Å². The third-order valence-corrected chi connectivity index (χ3v) is 3.15. The lowest BCUT2D eigenvalue weighted by Crippen LogP contribution is -2.38. The number of hydrogen-bond acceptors (Lipinski definition) is 1. The highest BCUT2D eigenvalue weighted by atomic mass is 14.9. The SMILES string of the molecule is C=C(C)NCC1CC(C(C)(C)C)C1. The summed E-state index contributed by atoms with van der Waals surface area (Å²) in [7, 11) is 0. The molecule has 1 saturated carbocycles. The van der Waals surface area contributed by atoms with Crippen molar-refractivity contribution in [2.75, 3.05) is 6.54 Å². The monoisotopic (exact) mass is 181 g/mol. The van der Waals surface area contributed by atoms with Crippen LogP contribution in [-0.2, 0) is 0 Å². The largest absolute Gasteiger partial charge is 0.389 e. The lowest BCUT2D eigenvalue weighted by molar-refractivity contribution is 0.0772. The van der Waals surface area contributed by atoms with Crippen LogP contribution >= 0.6 is 0 Å². The molecule has 0 unspecified atom stereocenters. The molecular formula is C12H23N. The molecule has 0 atom stereocenters. The Morgan fingerprint density at radius 2 is 1.92 bits per heavy atom. The van der Waals surface area contributed by atoms with Gasteiger partial charge in [-0.05, 0) is 37.0 Å². The van der Waals surface area contributed by atoms with Gasteiger partial charge < -0.3 is 5.32 Å². The lowest BCUT2D eigenvalue weighted by Gasteiger charge is -2.44. The van der Waals surface area contributed by atoms with Gasteiger partial charge in [0.15, 0.2) is 0 Å². The third kappa shape index (κ3) is 3.06. The summed E-state index contributed by atoms with van der Waals surface area (Å²) < 4.78 is 0. The first kappa shape index (κ1) is 10.6. The smallest absolute Gasteiger partial charge is 0.0172 e. The van der Waals surface area contributed by atoms with Crippen LogP contribution in [0.5, 0.6) is 0 Å². The first-order valence-corrected chi connectivity index (χ1v) is 5.29. The second-order valence-corrected chi connectivity index (χ2v) is 5.56. The van der Waals surface area contributed by atoms with E-state index in [1.165, 1.54) is 12.8 Å². The van der Waals surface area contributed by atoms with Crippen molar-refractivity contribution >= 4 is 0 Å². The summed E-state index contributed by atoms with van der Waals surface area (Å²) in [6.45, 7) is 14.0. The Labute approximate surface area is 82.6 Å². The van der Waals surface area contributed by atoms with Crippen LogP contribution in [-0.4, -0.2) is 6.54 Å². The van der Waals surface area contributed by atoms with E-state index in [0.717, 1.165) is 24.1 Å². The number of nitrogens with one attached hydrogen (secondary N) is 1. The standard InChI is InChI=1S/C12H23N/c1-9(2)13-8-10-6-11(7-10)12(3,4)5/h10-11,13H,1,6-8H2,2-5H3. The van der Waals surface area contributed by atoms with Crippen LogP contribution in [0.4, 0.5) is 0 Å². The zero-order chi connectivity index (χ0) is 10.1. The highest BCUT2D eigenvalue weighted by Crippen LogP contribution is 2.44. The van der Waals surface area contributed by atoms with Crippen LogP contribution in [0.25, 0.3) is 0 Å². The van der Waals surface area contributed by atoms with Crippen LogP contribution in [0.1, 0.15) is 40.5 Å². The highest BCUT2D eigenvalue weighted by molar-refractivity contribution is 4.91. The minimum atomic E-state index is 0.514. The molecule has 0 amide bonds. The summed E-state index contributed by atoms with van der Waals surface area (Å²) >= 11 is 0. The topological polar surface area (TPSA) is 12.0 Å². The van der Waals surface area contributed by atoms with Gasteiger partial charge in [0, 0.05) is 12.2 Å². The second kappa shape index (κ2) is 3.73. The van der Waals surface area contributed by atoms with Gasteiger partial charge in [0.05, 0.1) is 0 Å². The molecule has 76 valence electrons. The molecule has 1 N–H and O–H groups in total. The predicted molar refractivity (Wildman–Crippen MR) is 58.5 cm³/mol. The molecule has 0 heterocycles. The summed E-state index contributed by atoms with van der Waals surface area (Å²) in [5, 5.41) is 3.32. The quantitative estimate of drug-likeness (QED) is 0.705. The molecule has 0 spiro atoms. The van der Waals surface area contributed by atoms with E-state index in [2.05, 4.69) is 32.7 Å². The minimum Gasteiger partial charge on any atom is -0.389 e. The third-order valence-electron chi connectivity index (χ3n) is 3.15. The molecule has 13 heavy (non-hydrogen) atoms. The molecule has 1 fully saturated rings. The van der Waals surface area contributed by atoms with Crippen molar-refractivity contribution in [1.29, 1.82) is 0 Å². The number of hydrogen-bond donors (Lipinski definition) is 1. The second-order valence-electron chi connectivity index (χ2n) is 5.56. The zero-order valence-electron chi connectivity index (χ0n) is 9.48. The van der Waals surface area contributed by atoms with Crippen LogP contribution in [0.2, 0.25) is 0 Å². The molecule has 0 aromatic carbocycles. The molecule has 1 aliphatic rings. The summed E-state index contributed by atoms with van der Waals surface area (Å²) in [5.74, 6) is 1.82. The maximum atomic E-state index is 3.84. The summed E-state index contributed by atoms with van der Waals surface area (Å²) in [5.41, 5.74) is 1.61. The fraction of sp³-hybridized carbons (Fsp3) is 0.833. The average Bonchev–Trinajstić information content (AvgIpc) is 1.79. The van der Waals surface area contributed by atoms with Crippen molar-refractivity contribution in [3.8, 4) is 0 Å². The van der Waals surface area contributed by atoms with Crippen LogP contribution in [0.15, 0.2) is 12.3 Å². The summed E-state index contributed by atoms with van der Waals surface area (Å²) in [4.78, 5) is 0. The molecule has 0 aromatic rings. The van der Waals surface area contributed by atoms with Gasteiger partial charge in [0.25, 0.3) is 0 Å². The molecule has 1 nitrogen and oxygen atoms in total. The summed E-state index contributed by atoms with van der Waals surface area (Å²) in [6, 6.07) is 0. The number of rotatable bonds is 3. The first-order chi connectivity index (χ1) is 5.89. The van der Waals surface area contributed by atoms with Crippen LogP contribution in [0.3, 0.4) is 0 Å². The molecule has 1 heteroatoms. The van der Waals surface area contributed by atoms with Gasteiger partial charge >= 0.3 is 0 Å². The van der Waals surface area contributed by atoms with E-state index in [9.17, 15) is 0 Å². The molecule has 0 radical (unpaired) electrons. The van der Waals surface area contributed by atoms with Gasteiger partial charge in [-0.1, -0.05) is 27.4 Å². The van der Waals surface area contributed by atoms with E-state index < -0.39 is 0 Å². The van der Waals surface area contributed by atoms with E-state index in [1.807, 2.05) is 6.92 Å². The van der Waals surface area contributed by atoms with Crippen molar-refractivity contribution in [2.24, 2.45) is 17.3 Å². The van der Waals surface area contributed by atoms with E-state index >= 15 is 0 Å². The van der Waals surface area contributed by atoms with Gasteiger partial charge in [-0.25, -0.2) is 0 Å². The fourth-order valence-corrected chi connectivity index (χ4v) is 1.93. The van der Waals surface area contributed by atoms with Crippen molar-refractivity contribution in [3.63, 3.8) is 0 Å². The Morgan fingerprint density at radius 1 is 1.38 bits per heavy atom. The first-order valence-electron chi connectivity index (χ1n) is 5.29. The lowest BCUT2D eigenvalue weighted by atomic mass is 9.63. The minimum absolute atomic E-state index is 0.514. The van der Waals surface area contributed by atoms with Crippen molar-refractivity contribution in [1.82, 2.24) is 5.32 Å². The zero-order valence-corrected chi connectivity index (χ0v) is 9.48. The van der Waals surface area contributed by atoms with E-state index in [1.54, 1.807) is 0 Å². The van der Waals surface area contributed by atoms with Gasteiger partial charge in [-0.15, -0.1) is 0 Å². The van der Waals surface area contributed by atoms with Gasteiger partial charge in [-0.3, -0.25) is 0 Å². The number of allylic oxidation sites excluding steroid dienone is 1. The molecular weight excluding hydrogens is 158 g/mol. The van der Waals surface area contributed by atoms with Crippen molar-refractivity contribution in [3.05, 3.63) is 12.3 Å². The molecule has 0 bridgehead atoms. The van der Waals surface area contributed by atoms with Crippen LogP contribution < -0.4 is 5.32 Å². The van der Waals surface area contributed by atoms with Crippen LogP contribution in [0, 0.1) is 17.3 Å². The normalized spacial score (nSPS) is 28.0. The van der Waals surface area contributed by atoms with Crippen molar-refractivity contribution in [2.45, 2.75) is 40.5 Å². The Kier molecular flexibility index (Phi) is 3.05. The Morgan fingerprint density at radius 3 is 2.31 bits per heavy atom. The Hall–Kier alpha value is -0.460. The maximum absolute atomic E-state index is 3.84. The molecule has 1 rings (SSSR count). The van der Waals surface area contributed by atoms with Gasteiger partial charge in [0.1, 0.15) is 0 Å².